The van der Waals surface area contributed by atoms with E-state index in [4.69, 9.17) is 16.3 Å². The molecule has 0 bridgehead atoms. The van der Waals surface area contributed by atoms with Gasteiger partial charge in [0, 0.05) is 23.0 Å². The molecular formula is C21H20ClN3O4. The Hall–Kier alpha value is -3.16. The number of carbonyl (C=O) groups is 1. The third-order valence-corrected chi connectivity index (χ3v) is 4.56. The number of ether oxygens (including phenoxy) is 1. The number of halogens is 1. The van der Waals surface area contributed by atoms with Gasteiger partial charge in [-0.1, -0.05) is 23.7 Å². The maximum atomic E-state index is 12.5. The van der Waals surface area contributed by atoms with E-state index in [0.29, 0.717) is 22.0 Å². The average molecular weight is 414 g/mol. The lowest BCUT2D eigenvalue weighted by atomic mass is 9.91. The molecule has 3 aromatic rings. The smallest absolute Gasteiger partial charge is 0.411 e. The number of benzene rings is 2. The van der Waals surface area contributed by atoms with Crippen molar-refractivity contribution in [2.24, 2.45) is 0 Å². The average Bonchev–Trinajstić information content (AvgIpc) is 2.69. The van der Waals surface area contributed by atoms with Gasteiger partial charge in [0.25, 0.3) is 0 Å². The predicted octanol–water partition coefficient (Wildman–Crippen LogP) is 3.71. The third kappa shape index (κ3) is 4.64. The minimum Gasteiger partial charge on any atom is -0.450 e. The molecule has 0 fully saturated rings. The highest BCUT2D eigenvalue weighted by atomic mass is 35.5. The second-order valence-electron chi connectivity index (χ2n) is 6.45. The molecule has 3 rings (SSSR count). The van der Waals surface area contributed by atoms with Gasteiger partial charge in [0.05, 0.1) is 12.3 Å². The number of hydrogen-bond acceptors (Lipinski definition) is 5. The first-order valence-electron chi connectivity index (χ1n) is 8.94. The van der Waals surface area contributed by atoms with Crippen LogP contribution in [0.4, 0.5) is 10.5 Å². The molecule has 150 valence electrons. The van der Waals surface area contributed by atoms with Gasteiger partial charge in [-0.05, 0) is 55.8 Å². The topological polar surface area (TPSA) is 93.4 Å². The highest BCUT2D eigenvalue weighted by molar-refractivity contribution is 6.30. The van der Waals surface area contributed by atoms with Crippen LogP contribution in [0, 0.1) is 0 Å². The number of aliphatic hydroxyl groups is 1. The molecule has 0 saturated heterocycles. The van der Waals surface area contributed by atoms with Gasteiger partial charge in [0.15, 0.2) is 0 Å². The van der Waals surface area contributed by atoms with Crippen molar-refractivity contribution in [3.05, 3.63) is 87.3 Å². The van der Waals surface area contributed by atoms with Gasteiger partial charge < -0.3 is 9.84 Å². The molecule has 1 amide bonds. The molecule has 2 N–H and O–H groups in total. The molecule has 8 heteroatoms. The van der Waals surface area contributed by atoms with E-state index in [0.717, 1.165) is 0 Å². The number of carbonyl (C=O) groups excluding carboxylic acids is 1. The summed E-state index contributed by atoms with van der Waals surface area (Å²) in [4.78, 5) is 24.1. The Morgan fingerprint density at radius 3 is 2.66 bits per heavy atom. The summed E-state index contributed by atoms with van der Waals surface area (Å²) in [6, 6.07) is 14.8. The van der Waals surface area contributed by atoms with E-state index in [1.165, 1.54) is 23.9 Å². The summed E-state index contributed by atoms with van der Waals surface area (Å²) in [7, 11) is 0. The SMILES string of the molecule is CCOC(=O)Nc1cccc(C(C)(O)c2nn(-c3ccc(Cl)cc3)ccc2=O)c1. The summed E-state index contributed by atoms with van der Waals surface area (Å²) in [5, 5.41) is 18.7. The number of aromatic nitrogens is 2. The fraction of sp³-hybridized carbons (Fsp3) is 0.190. The molecule has 0 radical (unpaired) electrons. The fourth-order valence-corrected chi connectivity index (χ4v) is 2.93. The lowest BCUT2D eigenvalue weighted by Crippen LogP contribution is -2.33. The van der Waals surface area contributed by atoms with Crippen LogP contribution in [0.2, 0.25) is 5.02 Å². The molecule has 1 unspecified atom stereocenters. The lowest BCUT2D eigenvalue weighted by molar-refractivity contribution is 0.0945. The molecule has 0 aliphatic rings. The second kappa shape index (κ2) is 8.46. The van der Waals surface area contributed by atoms with Crippen LogP contribution >= 0.6 is 11.6 Å². The van der Waals surface area contributed by atoms with Crippen LogP contribution in [0.1, 0.15) is 25.1 Å². The fourth-order valence-electron chi connectivity index (χ4n) is 2.80. The standard InChI is InChI=1S/C21H20ClN3O4/c1-3-29-20(27)23-16-6-4-5-14(13-16)21(2,28)19-18(26)11-12-25(24-19)17-9-7-15(22)8-10-17/h4-13,28H,3H2,1-2H3,(H,23,27). The molecule has 29 heavy (non-hydrogen) atoms. The van der Waals surface area contributed by atoms with Gasteiger partial charge in [0.2, 0.25) is 5.43 Å². The van der Waals surface area contributed by atoms with Crippen LogP contribution in [0.25, 0.3) is 5.69 Å². The van der Waals surface area contributed by atoms with Gasteiger partial charge >= 0.3 is 6.09 Å². The summed E-state index contributed by atoms with van der Waals surface area (Å²) < 4.78 is 6.35. The number of nitrogens with one attached hydrogen (secondary N) is 1. The van der Waals surface area contributed by atoms with Gasteiger partial charge in [-0.15, -0.1) is 0 Å². The minimum atomic E-state index is -1.70. The number of anilines is 1. The maximum absolute atomic E-state index is 12.5. The Bertz CT molecular complexity index is 1080. The molecular weight excluding hydrogens is 394 g/mol. The van der Waals surface area contributed by atoms with Gasteiger partial charge in [-0.3, -0.25) is 10.1 Å². The van der Waals surface area contributed by atoms with Crippen LogP contribution in [0.3, 0.4) is 0 Å². The highest BCUT2D eigenvalue weighted by Gasteiger charge is 2.31. The summed E-state index contributed by atoms with van der Waals surface area (Å²) in [5.74, 6) is 0. The van der Waals surface area contributed by atoms with Crippen molar-refractivity contribution in [3.63, 3.8) is 0 Å². The van der Waals surface area contributed by atoms with E-state index in [1.54, 1.807) is 55.5 Å². The zero-order chi connectivity index (χ0) is 21.0. The van der Waals surface area contributed by atoms with Crippen molar-refractivity contribution in [1.29, 1.82) is 0 Å². The minimum absolute atomic E-state index is 0.0526. The number of rotatable bonds is 5. The van der Waals surface area contributed by atoms with Gasteiger partial charge in [0.1, 0.15) is 11.3 Å². The largest absolute Gasteiger partial charge is 0.450 e. The van der Waals surface area contributed by atoms with Crippen molar-refractivity contribution in [3.8, 4) is 5.69 Å². The first kappa shape index (κ1) is 20.6. The summed E-state index contributed by atoms with van der Waals surface area (Å²) in [5.41, 5.74) is -0.657. The van der Waals surface area contributed by atoms with E-state index in [-0.39, 0.29) is 12.3 Å². The summed E-state index contributed by atoms with van der Waals surface area (Å²) >= 11 is 5.92. The number of amides is 1. The normalized spacial score (nSPS) is 12.8. The van der Waals surface area contributed by atoms with Crippen LogP contribution in [-0.4, -0.2) is 27.6 Å². The molecule has 1 atom stereocenters. The van der Waals surface area contributed by atoms with E-state index < -0.39 is 17.1 Å². The molecule has 1 heterocycles. The molecule has 1 aromatic heterocycles. The van der Waals surface area contributed by atoms with E-state index in [9.17, 15) is 14.7 Å². The van der Waals surface area contributed by atoms with Crippen LogP contribution in [-0.2, 0) is 10.3 Å². The summed E-state index contributed by atoms with van der Waals surface area (Å²) in [6.07, 6.45) is 0.913. The third-order valence-electron chi connectivity index (χ3n) is 4.31. The Labute approximate surface area is 172 Å². The van der Waals surface area contributed by atoms with Gasteiger partial charge in [-0.2, -0.15) is 5.10 Å². The molecule has 0 aliphatic carbocycles. The van der Waals surface area contributed by atoms with E-state index >= 15 is 0 Å². The quantitative estimate of drug-likeness (QED) is 0.665. The monoisotopic (exact) mass is 413 g/mol. The predicted molar refractivity (Wildman–Crippen MR) is 111 cm³/mol. The Morgan fingerprint density at radius 2 is 1.97 bits per heavy atom. The highest BCUT2D eigenvalue weighted by Crippen LogP contribution is 2.28. The molecule has 2 aromatic carbocycles. The van der Waals surface area contributed by atoms with Crippen LogP contribution in [0.15, 0.2) is 65.6 Å². The number of nitrogens with zero attached hydrogens (tertiary/aromatic N) is 2. The van der Waals surface area contributed by atoms with Crippen molar-refractivity contribution in [2.75, 3.05) is 11.9 Å². The second-order valence-corrected chi connectivity index (χ2v) is 6.88. The zero-order valence-electron chi connectivity index (χ0n) is 15.9. The molecule has 7 nitrogen and oxygen atoms in total. The first-order valence-corrected chi connectivity index (χ1v) is 9.32. The Kier molecular flexibility index (Phi) is 6.00. The molecule has 0 saturated carbocycles. The zero-order valence-corrected chi connectivity index (χ0v) is 16.7. The summed E-state index contributed by atoms with van der Waals surface area (Å²) in [6.45, 7) is 3.42. The van der Waals surface area contributed by atoms with Crippen molar-refractivity contribution in [1.82, 2.24) is 9.78 Å². The first-order chi connectivity index (χ1) is 13.8. The van der Waals surface area contributed by atoms with Crippen molar-refractivity contribution in [2.45, 2.75) is 19.4 Å². The van der Waals surface area contributed by atoms with Gasteiger partial charge in [-0.25, -0.2) is 9.48 Å². The molecule has 0 aliphatic heterocycles. The molecule has 0 spiro atoms. The lowest BCUT2D eigenvalue weighted by Gasteiger charge is -2.24. The van der Waals surface area contributed by atoms with Crippen molar-refractivity contribution < 1.29 is 14.6 Å². The maximum Gasteiger partial charge on any atom is 0.411 e. The van der Waals surface area contributed by atoms with E-state index in [1.807, 2.05) is 0 Å². The Balaban J connectivity index is 1.99. The van der Waals surface area contributed by atoms with Crippen LogP contribution in [0.5, 0.6) is 0 Å². The van der Waals surface area contributed by atoms with Crippen LogP contribution < -0.4 is 10.7 Å². The Morgan fingerprint density at radius 1 is 1.24 bits per heavy atom. The number of hydrogen-bond donors (Lipinski definition) is 2. The van der Waals surface area contributed by atoms with E-state index in [2.05, 4.69) is 10.4 Å². The van der Waals surface area contributed by atoms with Crippen molar-refractivity contribution >= 4 is 23.4 Å².